The average molecular weight is 472 g/mol. The van der Waals surface area contributed by atoms with Gasteiger partial charge in [-0.1, -0.05) is 12.1 Å². The van der Waals surface area contributed by atoms with Gasteiger partial charge in [0.2, 0.25) is 5.91 Å². The lowest BCUT2D eigenvalue weighted by Gasteiger charge is -2.23. The largest absolute Gasteiger partial charge is 0.497 e. The van der Waals surface area contributed by atoms with Gasteiger partial charge in [-0.25, -0.2) is 15.0 Å². The molecule has 3 heterocycles. The first-order valence-corrected chi connectivity index (χ1v) is 10.8. The number of hydrogen-bond donors (Lipinski definition) is 4. The smallest absolute Gasteiger partial charge is 0.237 e. The SMILES string of the molecule is COc1ccc(C[C@@H](N)C(=O)N[C@H]2[C@@H](O)[C@H](n3cnc4c(N(C)C)ncnc43)O[C@H]2CO)cc1. The molecular formula is C22H29N7O5. The molecule has 1 fully saturated rings. The fourth-order valence-electron chi connectivity index (χ4n) is 4.04. The van der Waals surface area contributed by atoms with Gasteiger partial charge in [0.15, 0.2) is 23.2 Å². The molecule has 0 spiro atoms. The molecule has 1 saturated heterocycles. The van der Waals surface area contributed by atoms with E-state index in [9.17, 15) is 15.0 Å². The number of ether oxygens (including phenoxy) is 2. The Kier molecular flexibility index (Phi) is 6.93. The number of rotatable bonds is 8. The first kappa shape index (κ1) is 23.8. The summed E-state index contributed by atoms with van der Waals surface area (Å²) in [5, 5.41) is 23.6. The molecule has 0 bridgehead atoms. The normalized spacial score (nSPS) is 23.1. The Balaban J connectivity index is 1.49. The number of carbonyl (C=O) groups is 1. The standard InChI is InChI=1S/C22H29N7O5/c1-28(2)19-17-20(25-10-24-19)29(11-26-17)22-18(31)16(15(9-30)34-22)27-21(32)14(23)8-12-4-6-13(33-3)7-5-12/h4-7,10-11,14-16,18,22,30-31H,8-9,23H2,1-3H3,(H,27,32)/t14-,15+,16-,18-,22-/m1/s1. The minimum Gasteiger partial charge on any atom is -0.497 e. The van der Waals surface area contributed by atoms with E-state index < -0.39 is 43.0 Å². The molecule has 12 nitrogen and oxygen atoms in total. The second kappa shape index (κ2) is 9.89. The number of nitrogens with zero attached hydrogens (tertiary/aromatic N) is 5. The number of aromatic nitrogens is 4. The maximum atomic E-state index is 12.8. The van der Waals surface area contributed by atoms with Crippen molar-refractivity contribution in [2.45, 2.75) is 36.9 Å². The van der Waals surface area contributed by atoms with Crippen molar-refractivity contribution in [2.24, 2.45) is 5.73 Å². The highest BCUT2D eigenvalue weighted by molar-refractivity contribution is 5.83. The van der Waals surface area contributed by atoms with Crippen LogP contribution in [0.4, 0.5) is 5.82 Å². The molecule has 0 unspecified atom stereocenters. The molecule has 1 amide bonds. The molecule has 5 atom stereocenters. The van der Waals surface area contributed by atoms with Gasteiger partial charge in [0.1, 0.15) is 24.3 Å². The summed E-state index contributed by atoms with van der Waals surface area (Å²) >= 11 is 0. The van der Waals surface area contributed by atoms with Gasteiger partial charge in [-0.05, 0) is 24.1 Å². The molecule has 0 radical (unpaired) electrons. The third-order valence-electron chi connectivity index (χ3n) is 5.85. The predicted octanol–water partition coefficient (Wildman–Crippen LogP) is -0.794. The van der Waals surface area contributed by atoms with Crippen LogP contribution < -0.4 is 20.7 Å². The number of benzene rings is 1. The number of nitrogens with one attached hydrogen (secondary N) is 1. The van der Waals surface area contributed by atoms with E-state index >= 15 is 0 Å². The van der Waals surface area contributed by atoms with Crippen LogP contribution in [0.1, 0.15) is 11.8 Å². The van der Waals surface area contributed by atoms with E-state index in [0.29, 0.717) is 29.2 Å². The predicted molar refractivity (Wildman–Crippen MR) is 123 cm³/mol. The molecule has 5 N–H and O–H groups in total. The molecular weight excluding hydrogens is 442 g/mol. The summed E-state index contributed by atoms with van der Waals surface area (Å²) in [6.45, 7) is -0.406. The number of carbonyl (C=O) groups excluding carboxylic acids is 1. The highest BCUT2D eigenvalue weighted by Crippen LogP contribution is 2.32. The lowest BCUT2D eigenvalue weighted by molar-refractivity contribution is -0.124. The summed E-state index contributed by atoms with van der Waals surface area (Å²) in [7, 11) is 5.25. The van der Waals surface area contributed by atoms with Crippen molar-refractivity contribution in [1.82, 2.24) is 24.8 Å². The zero-order chi connectivity index (χ0) is 24.4. The Bertz CT molecular complexity index is 1140. The Morgan fingerprint density at radius 2 is 2.03 bits per heavy atom. The monoisotopic (exact) mass is 471 g/mol. The number of aliphatic hydroxyl groups excluding tert-OH is 2. The van der Waals surface area contributed by atoms with Crippen LogP contribution in [-0.2, 0) is 16.0 Å². The molecule has 2 aromatic heterocycles. The quantitative estimate of drug-likeness (QED) is 0.328. The topological polar surface area (TPSA) is 161 Å². The van der Waals surface area contributed by atoms with Gasteiger partial charge in [-0.3, -0.25) is 9.36 Å². The van der Waals surface area contributed by atoms with Gasteiger partial charge < -0.3 is 35.6 Å². The van der Waals surface area contributed by atoms with Crippen LogP contribution in [0, 0.1) is 0 Å². The summed E-state index contributed by atoms with van der Waals surface area (Å²) in [5.41, 5.74) is 7.98. The number of anilines is 1. The summed E-state index contributed by atoms with van der Waals surface area (Å²) in [6, 6.07) is 5.52. The first-order chi connectivity index (χ1) is 16.3. The van der Waals surface area contributed by atoms with E-state index in [1.807, 2.05) is 26.2 Å². The van der Waals surface area contributed by atoms with Crippen LogP contribution >= 0.6 is 0 Å². The van der Waals surface area contributed by atoms with Crippen molar-refractivity contribution in [3.05, 3.63) is 42.5 Å². The minimum absolute atomic E-state index is 0.295. The number of nitrogens with two attached hydrogens (primary N) is 1. The van der Waals surface area contributed by atoms with Crippen molar-refractivity contribution in [3.63, 3.8) is 0 Å². The van der Waals surface area contributed by atoms with Gasteiger partial charge >= 0.3 is 0 Å². The number of fused-ring (bicyclic) bond motifs is 1. The zero-order valence-electron chi connectivity index (χ0n) is 19.2. The van der Waals surface area contributed by atoms with Gasteiger partial charge in [0.25, 0.3) is 0 Å². The van der Waals surface area contributed by atoms with Gasteiger partial charge in [0.05, 0.1) is 32.1 Å². The number of amides is 1. The Morgan fingerprint density at radius 1 is 1.29 bits per heavy atom. The van der Waals surface area contributed by atoms with E-state index in [4.69, 9.17) is 15.2 Å². The van der Waals surface area contributed by atoms with Crippen LogP contribution in [0.25, 0.3) is 11.2 Å². The Morgan fingerprint density at radius 3 is 2.68 bits per heavy atom. The van der Waals surface area contributed by atoms with Crippen LogP contribution in [0.5, 0.6) is 5.75 Å². The molecule has 1 aliphatic rings. The van der Waals surface area contributed by atoms with Crippen LogP contribution in [-0.4, -0.2) is 87.7 Å². The molecule has 34 heavy (non-hydrogen) atoms. The minimum atomic E-state index is -1.18. The lowest BCUT2D eigenvalue weighted by atomic mass is 10.0. The number of methoxy groups -OCH3 is 1. The second-order valence-electron chi connectivity index (χ2n) is 8.35. The molecule has 0 aliphatic carbocycles. The summed E-state index contributed by atoms with van der Waals surface area (Å²) < 4.78 is 12.6. The molecule has 4 rings (SSSR count). The van der Waals surface area contributed by atoms with Crippen molar-refractivity contribution >= 4 is 22.9 Å². The number of aliphatic hydroxyl groups is 2. The molecule has 1 aliphatic heterocycles. The molecule has 0 saturated carbocycles. The van der Waals surface area contributed by atoms with Crippen LogP contribution in [0.15, 0.2) is 36.9 Å². The highest BCUT2D eigenvalue weighted by Gasteiger charge is 2.46. The van der Waals surface area contributed by atoms with Crippen molar-refractivity contribution in [3.8, 4) is 5.75 Å². The van der Waals surface area contributed by atoms with Crippen molar-refractivity contribution in [2.75, 3.05) is 32.7 Å². The summed E-state index contributed by atoms with van der Waals surface area (Å²) in [4.78, 5) is 27.5. The van der Waals surface area contributed by atoms with Crippen LogP contribution in [0.2, 0.25) is 0 Å². The zero-order valence-corrected chi connectivity index (χ0v) is 19.2. The average Bonchev–Trinajstić information content (AvgIpc) is 3.40. The van der Waals surface area contributed by atoms with E-state index in [1.165, 1.54) is 12.7 Å². The van der Waals surface area contributed by atoms with Crippen molar-refractivity contribution in [1.29, 1.82) is 0 Å². The first-order valence-electron chi connectivity index (χ1n) is 10.8. The highest BCUT2D eigenvalue weighted by atomic mass is 16.5. The third-order valence-corrected chi connectivity index (χ3v) is 5.85. The molecule has 1 aromatic carbocycles. The molecule has 3 aromatic rings. The van der Waals surface area contributed by atoms with E-state index in [-0.39, 0.29) is 0 Å². The number of imidazole rings is 1. The third kappa shape index (κ3) is 4.53. The van der Waals surface area contributed by atoms with Crippen molar-refractivity contribution < 1.29 is 24.5 Å². The van der Waals surface area contributed by atoms with Gasteiger partial charge in [-0.15, -0.1) is 0 Å². The number of hydrogen-bond acceptors (Lipinski definition) is 10. The van der Waals surface area contributed by atoms with E-state index in [2.05, 4.69) is 20.3 Å². The maximum Gasteiger partial charge on any atom is 0.237 e. The van der Waals surface area contributed by atoms with E-state index in [1.54, 1.807) is 28.7 Å². The fraction of sp³-hybridized carbons (Fsp3) is 0.455. The van der Waals surface area contributed by atoms with Gasteiger partial charge in [-0.2, -0.15) is 0 Å². The fourth-order valence-corrected chi connectivity index (χ4v) is 4.04. The van der Waals surface area contributed by atoms with Gasteiger partial charge in [0, 0.05) is 14.1 Å². The lowest BCUT2D eigenvalue weighted by Crippen LogP contribution is -2.53. The summed E-state index contributed by atoms with van der Waals surface area (Å²) in [5.74, 6) is 0.861. The summed E-state index contributed by atoms with van der Waals surface area (Å²) in [6.07, 6.45) is 0.250. The second-order valence-corrected chi connectivity index (χ2v) is 8.35. The van der Waals surface area contributed by atoms with Crippen LogP contribution in [0.3, 0.4) is 0 Å². The molecule has 182 valence electrons. The molecule has 12 heteroatoms. The Labute approximate surface area is 196 Å². The van der Waals surface area contributed by atoms with E-state index in [0.717, 1.165) is 5.56 Å². The maximum absolute atomic E-state index is 12.8. The Hall–Kier alpha value is -3.32.